The predicted molar refractivity (Wildman–Crippen MR) is 223 cm³/mol. The van der Waals surface area contributed by atoms with Crippen molar-refractivity contribution < 1.29 is 38.5 Å². The molecule has 9 nitrogen and oxygen atoms in total. The maximum atomic E-state index is 12.6. The molecule has 0 aromatic carbocycles. The lowest BCUT2D eigenvalue weighted by Crippen LogP contribution is -2.37. The Kier molecular flexibility index (Phi) is 42.5. The number of esters is 3. The van der Waals surface area contributed by atoms with E-state index in [-0.39, 0.29) is 57.3 Å². The Balaban J connectivity index is 0. The monoisotopic (exact) mass is 790 g/mol. The highest BCUT2D eigenvalue weighted by Crippen LogP contribution is 2.16. The molecule has 10 heteroatoms. The van der Waals surface area contributed by atoms with Gasteiger partial charge in [-0.25, -0.2) is 0 Å². The van der Waals surface area contributed by atoms with E-state index in [1.54, 1.807) is 0 Å². The van der Waals surface area contributed by atoms with E-state index in [1.165, 1.54) is 154 Å². The number of ether oxygens (including phenoxy) is 3. The van der Waals surface area contributed by atoms with Crippen LogP contribution in [-0.2, 0) is 33.4 Å². The predicted octanol–water partition coefficient (Wildman–Crippen LogP) is 12.1. The van der Waals surface area contributed by atoms with Crippen LogP contribution < -0.4 is 5.73 Å². The van der Waals surface area contributed by atoms with E-state index in [0.717, 1.165) is 32.1 Å². The first-order chi connectivity index (χ1) is 25.8. The summed E-state index contributed by atoms with van der Waals surface area (Å²) in [5.41, 5.74) is 5.76. The zero-order valence-electron chi connectivity index (χ0n) is 34.9. The minimum atomic E-state index is -1.10. The zero-order chi connectivity index (χ0) is 39.0. The number of hydrogen-bond donors (Lipinski definition) is 2. The van der Waals surface area contributed by atoms with Gasteiger partial charge in [-0.1, -0.05) is 194 Å². The van der Waals surface area contributed by atoms with Crippen molar-refractivity contribution in [1.29, 1.82) is 0 Å². The Morgan fingerprint density at radius 1 is 0.463 bits per heavy atom. The minimum absolute atomic E-state index is 0. The molecule has 0 aromatic rings. The number of aliphatic carboxylic acids is 1. The Morgan fingerprint density at radius 3 is 1.13 bits per heavy atom. The van der Waals surface area contributed by atoms with Crippen LogP contribution in [-0.4, -0.2) is 54.3 Å². The SMILES string of the molecule is CCCCCCCCCCCCCCCCCC(=O)OCC(COC(=O)C(N)CCC(=O)O)OC(=O)CCCCCCCCCCCCCCCCC.Cl. The molecule has 2 unspecified atom stereocenters. The number of carbonyl (C=O) groups excluding carboxylic acids is 3. The van der Waals surface area contributed by atoms with E-state index in [0.29, 0.717) is 6.42 Å². The molecule has 0 rings (SSSR count). The van der Waals surface area contributed by atoms with Crippen molar-refractivity contribution in [2.75, 3.05) is 13.2 Å². The van der Waals surface area contributed by atoms with Gasteiger partial charge in [0.05, 0.1) is 0 Å². The van der Waals surface area contributed by atoms with Crippen LogP contribution in [0.15, 0.2) is 0 Å². The van der Waals surface area contributed by atoms with Crippen LogP contribution in [0.4, 0.5) is 0 Å². The maximum absolute atomic E-state index is 12.6. The molecule has 0 heterocycles. The third-order valence-electron chi connectivity index (χ3n) is 10.1. The van der Waals surface area contributed by atoms with Crippen LogP contribution in [0.25, 0.3) is 0 Å². The fourth-order valence-electron chi connectivity index (χ4n) is 6.58. The van der Waals surface area contributed by atoms with Gasteiger partial charge in [-0.05, 0) is 19.3 Å². The summed E-state index contributed by atoms with van der Waals surface area (Å²) in [6, 6.07) is -1.10. The molecule has 3 N–H and O–H groups in total. The summed E-state index contributed by atoms with van der Waals surface area (Å²) in [6.07, 6.45) is 36.6. The van der Waals surface area contributed by atoms with Gasteiger partial charge in [-0.3, -0.25) is 19.2 Å². The molecule has 0 saturated heterocycles. The van der Waals surface area contributed by atoms with Gasteiger partial charge in [0.2, 0.25) is 0 Å². The number of unbranched alkanes of at least 4 members (excludes halogenated alkanes) is 28. The number of carbonyl (C=O) groups is 4. The van der Waals surface area contributed by atoms with Crippen LogP contribution in [0.1, 0.15) is 232 Å². The first-order valence-electron chi connectivity index (χ1n) is 22.3. The number of rotatable bonds is 41. The molecule has 54 heavy (non-hydrogen) atoms. The summed E-state index contributed by atoms with van der Waals surface area (Å²) >= 11 is 0. The Labute approximate surface area is 337 Å². The van der Waals surface area contributed by atoms with Crippen LogP contribution in [0.3, 0.4) is 0 Å². The average Bonchev–Trinajstić information content (AvgIpc) is 3.14. The highest BCUT2D eigenvalue weighted by molar-refractivity contribution is 5.85. The smallest absolute Gasteiger partial charge is 0.323 e. The van der Waals surface area contributed by atoms with E-state index >= 15 is 0 Å². The Morgan fingerprint density at radius 2 is 0.778 bits per heavy atom. The van der Waals surface area contributed by atoms with Gasteiger partial charge < -0.3 is 25.1 Å². The molecule has 0 aliphatic carbocycles. The first kappa shape index (κ1) is 54.2. The summed E-state index contributed by atoms with van der Waals surface area (Å²) in [4.78, 5) is 48.2. The fourth-order valence-corrected chi connectivity index (χ4v) is 6.58. The normalized spacial score (nSPS) is 12.1. The van der Waals surface area contributed by atoms with Crippen molar-refractivity contribution in [3.05, 3.63) is 0 Å². The lowest BCUT2D eigenvalue weighted by Gasteiger charge is -2.19. The molecule has 0 radical (unpaired) electrons. The second kappa shape index (κ2) is 42.3. The second-order valence-corrected chi connectivity index (χ2v) is 15.4. The second-order valence-electron chi connectivity index (χ2n) is 15.4. The van der Waals surface area contributed by atoms with Gasteiger partial charge in [-0.2, -0.15) is 0 Å². The van der Waals surface area contributed by atoms with E-state index < -0.39 is 30.1 Å². The van der Waals surface area contributed by atoms with Crippen molar-refractivity contribution in [2.45, 2.75) is 244 Å². The van der Waals surface area contributed by atoms with Crippen molar-refractivity contribution >= 4 is 36.3 Å². The number of halogens is 1. The minimum Gasteiger partial charge on any atom is -0.481 e. The molecule has 320 valence electrons. The fraction of sp³-hybridized carbons (Fsp3) is 0.909. The van der Waals surface area contributed by atoms with E-state index in [9.17, 15) is 19.2 Å². The van der Waals surface area contributed by atoms with Gasteiger partial charge in [0.1, 0.15) is 19.3 Å². The standard InChI is InChI=1S/C44H83NO8.ClH/c1-3-5-7-9-11-13-15-17-19-21-23-25-27-29-31-33-42(48)51-37-39(38-52-44(50)40(45)35-36-41(46)47)53-43(49)34-32-30-28-26-24-22-20-18-16-14-12-10-8-6-4-2;/h39-40H,3-38,45H2,1-2H3,(H,46,47);1H. The van der Waals surface area contributed by atoms with Crippen LogP contribution >= 0.6 is 12.4 Å². The van der Waals surface area contributed by atoms with Crippen molar-refractivity contribution in [2.24, 2.45) is 5.73 Å². The Hall–Kier alpha value is -1.87. The quantitative estimate of drug-likeness (QED) is 0.0351. The number of carboxylic acids is 1. The zero-order valence-corrected chi connectivity index (χ0v) is 35.7. The molecular weight excluding hydrogens is 706 g/mol. The van der Waals surface area contributed by atoms with E-state index in [4.69, 9.17) is 25.1 Å². The van der Waals surface area contributed by atoms with Crippen LogP contribution in [0.5, 0.6) is 0 Å². The summed E-state index contributed by atoms with van der Waals surface area (Å²) < 4.78 is 16.2. The number of carboxylic acid groups (broad SMARTS) is 1. The lowest BCUT2D eigenvalue weighted by atomic mass is 10.0. The number of hydrogen-bond acceptors (Lipinski definition) is 8. The Bertz CT molecular complexity index is 874. The van der Waals surface area contributed by atoms with Gasteiger partial charge in [0.25, 0.3) is 0 Å². The average molecular weight is 791 g/mol. The van der Waals surface area contributed by atoms with Gasteiger partial charge >= 0.3 is 23.9 Å². The molecule has 0 saturated carbocycles. The van der Waals surface area contributed by atoms with E-state index in [2.05, 4.69) is 13.8 Å². The molecule has 0 fully saturated rings. The van der Waals surface area contributed by atoms with Crippen LogP contribution in [0, 0.1) is 0 Å². The highest BCUT2D eigenvalue weighted by Gasteiger charge is 2.22. The van der Waals surface area contributed by atoms with Crippen molar-refractivity contribution in [3.8, 4) is 0 Å². The molecule has 0 aliphatic heterocycles. The lowest BCUT2D eigenvalue weighted by molar-refractivity contribution is -0.167. The topological polar surface area (TPSA) is 142 Å². The summed E-state index contributed by atoms with van der Waals surface area (Å²) in [7, 11) is 0. The summed E-state index contributed by atoms with van der Waals surface area (Å²) in [6.45, 7) is 4.00. The highest BCUT2D eigenvalue weighted by atomic mass is 35.5. The molecule has 0 amide bonds. The summed E-state index contributed by atoms with van der Waals surface area (Å²) in [5, 5.41) is 8.86. The molecule has 0 aliphatic rings. The van der Waals surface area contributed by atoms with Gasteiger partial charge in [-0.15, -0.1) is 12.4 Å². The molecule has 0 spiro atoms. The van der Waals surface area contributed by atoms with E-state index in [1.807, 2.05) is 0 Å². The first-order valence-corrected chi connectivity index (χ1v) is 22.3. The maximum Gasteiger partial charge on any atom is 0.323 e. The molecule has 2 atom stereocenters. The van der Waals surface area contributed by atoms with Gasteiger partial charge in [0.15, 0.2) is 6.10 Å². The largest absolute Gasteiger partial charge is 0.481 e. The third kappa shape index (κ3) is 39.8. The van der Waals surface area contributed by atoms with Crippen LogP contribution in [0.2, 0.25) is 0 Å². The third-order valence-corrected chi connectivity index (χ3v) is 10.1. The number of nitrogens with two attached hydrogens (primary N) is 1. The van der Waals surface area contributed by atoms with Gasteiger partial charge in [0, 0.05) is 19.3 Å². The summed E-state index contributed by atoms with van der Waals surface area (Å²) in [5.74, 6) is -2.62. The molecule has 0 bridgehead atoms. The molecular formula is C44H84ClNO8. The van der Waals surface area contributed by atoms with Crippen molar-refractivity contribution in [1.82, 2.24) is 0 Å². The molecule has 0 aromatic heterocycles. The van der Waals surface area contributed by atoms with Crippen molar-refractivity contribution in [3.63, 3.8) is 0 Å².